The predicted molar refractivity (Wildman–Crippen MR) is 84.4 cm³/mol. The number of benzene rings is 1. The van der Waals surface area contributed by atoms with Crippen LogP contribution in [-0.2, 0) is 0 Å². The molecule has 0 unspecified atom stereocenters. The van der Waals surface area contributed by atoms with E-state index in [0.29, 0.717) is 21.9 Å². The van der Waals surface area contributed by atoms with Crippen molar-refractivity contribution in [1.29, 1.82) is 0 Å². The second-order valence-electron chi connectivity index (χ2n) is 5.02. The van der Waals surface area contributed by atoms with Crippen LogP contribution in [0, 0.1) is 0 Å². The monoisotopic (exact) mass is 325 g/mol. The van der Waals surface area contributed by atoms with E-state index < -0.39 is 0 Å². The molecule has 1 saturated heterocycles. The molecule has 2 aromatic heterocycles. The van der Waals surface area contributed by atoms with Crippen LogP contribution in [0.1, 0.15) is 24.7 Å². The number of nitrogens with one attached hydrogen (secondary N) is 2. The van der Waals surface area contributed by atoms with E-state index in [0.717, 1.165) is 24.8 Å². The lowest BCUT2D eigenvalue weighted by molar-refractivity contribution is 0.600. The van der Waals surface area contributed by atoms with Gasteiger partial charge in [-0.2, -0.15) is 0 Å². The van der Waals surface area contributed by atoms with Crippen LogP contribution in [0.15, 0.2) is 27.4 Å². The molecule has 0 saturated carbocycles. The Morgan fingerprint density at radius 3 is 3.00 bits per heavy atom. The fraction of sp³-hybridized carbons (Fsp3) is 0.286. The molecular formula is C14H13Cl2N3O2. The standard InChI is InChI=1S/C14H12ClN3O2.ClH/c15-7-3-4-10-8(6-7)11-12(20-10)14(19)18-13(17-11)9-2-1-5-16-9;/h3-4,6,9,16H,1-2,5H2,(H,17,18,19);1H/t9-;/m0./s1. The van der Waals surface area contributed by atoms with Gasteiger partial charge in [-0.1, -0.05) is 11.6 Å². The molecule has 1 atom stereocenters. The Balaban J connectivity index is 0.00000132. The second-order valence-corrected chi connectivity index (χ2v) is 5.46. The van der Waals surface area contributed by atoms with Gasteiger partial charge in [0, 0.05) is 10.4 Å². The summed E-state index contributed by atoms with van der Waals surface area (Å²) in [4.78, 5) is 19.5. The number of H-pyrrole nitrogens is 1. The lowest BCUT2D eigenvalue weighted by Gasteiger charge is -2.08. The quantitative estimate of drug-likeness (QED) is 0.720. The minimum absolute atomic E-state index is 0. The van der Waals surface area contributed by atoms with Crippen LogP contribution in [0.5, 0.6) is 0 Å². The van der Waals surface area contributed by atoms with Crippen molar-refractivity contribution in [2.24, 2.45) is 0 Å². The van der Waals surface area contributed by atoms with E-state index >= 15 is 0 Å². The largest absolute Gasteiger partial charge is 0.449 e. The van der Waals surface area contributed by atoms with E-state index in [4.69, 9.17) is 16.0 Å². The number of rotatable bonds is 1. The first-order valence-electron chi connectivity index (χ1n) is 6.58. The van der Waals surface area contributed by atoms with Gasteiger partial charge in [-0.05, 0) is 37.6 Å². The molecule has 4 rings (SSSR count). The molecule has 3 aromatic rings. The fourth-order valence-corrected chi connectivity index (χ4v) is 2.90. The zero-order valence-electron chi connectivity index (χ0n) is 11.0. The van der Waals surface area contributed by atoms with E-state index in [1.54, 1.807) is 18.2 Å². The van der Waals surface area contributed by atoms with Crippen LogP contribution in [0.3, 0.4) is 0 Å². The molecule has 1 aromatic carbocycles. The Morgan fingerprint density at radius 1 is 1.38 bits per heavy atom. The van der Waals surface area contributed by atoms with Crippen LogP contribution < -0.4 is 10.9 Å². The van der Waals surface area contributed by atoms with E-state index in [-0.39, 0.29) is 29.6 Å². The van der Waals surface area contributed by atoms with Gasteiger partial charge >= 0.3 is 0 Å². The summed E-state index contributed by atoms with van der Waals surface area (Å²) in [5.74, 6) is 0.669. The Hall–Kier alpha value is -1.56. The third kappa shape index (κ3) is 2.31. The minimum atomic E-state index is -0.244. The topological polar surface area (TPSA) is 70.9 Å². The van der Waals surface area contributed by atoms with Gasteiger partial charge < -0.3 is 14.7 Å². The Bertz CT molecular complexity index is 866. The van der Waals surface area contributed by atoms with Gasteiger partial charge in [0.05, 0.1) is 6.04 Å². The maximum absolute atomic E-state index is 12.2. The first kappa shape index (κ1) is 14.4. The minimum Gasteiger partial charge on any atom is -0.449 e. The van der Waals surface area contributed by atoms with Crippen LogP contribution >= 0.6 is 24.0 Å². The summed E-state index contributed by atoms with van der Waals surface area (Å²) in [6, 6.07) is 5.38. The van der Waals surface area contributed by atoms with Crippen molar-refractivity contribution in [2.45, 2.75) is 18.9 Å². The van der Waals surface area contributed by atoms with E-state index in [2.05, 4.69) is 15.3 Å². The molecule has 2 N–H and O–H groups in total. The Kier molecular flexibility index (Phi) is 3.65. The summed E-state index contributed by atoms with van der Waals surface area (Å²) < 4.78 is 5.57. The van der Waals surface area contributed by atoms with Crippen LogP contribution in [-0.4, -0.2) is 16.5 Å². The molecule has 0 amide bonds. The van der Waals surface area contributed by atoms with Crippen molar-refractivity contribution in [3.05, 3.63) is 39.4 Å². The molecule has 1 aliphatic heterocycles. The lowest BCUT2D eigenvalue weighted by Crippen LogP contribution is -2.20. The molecule has 7 heteroatoms. The van der Waals surface area contributed by atoms with Crippen molar-refractivity contribution in [3.63, 3.8) is 0 Å². The summed E-state index contributed by atoms with van der Waals surface area (Å²) in [7, 11) is 0. The van der Waals surface area contributed by atoms with Gasteiger partial charge in [0.25, 0.3) is 5.56 Å². The van der Waals surface area contributed by atoms with Crippen molar-refractivity contribution >= 4 is 46.1 Å². The first-order chi connectivity index (χ1) is 9.72. The number of furan rings is 1. The summed E-state index contributed by atoms with van der Waals surface area (Å²) >= 11 is 6.01. The van der Waals surface area contributed by atoms with Crippen molar-refractivity contribution in [1.82, 2.24) is 15.3 Å². The molecule has 1 fully saturated rings. The van der Waals surface area contributed by atoms with Crippen LogP contribution in [0.2, 0.25) is 5.02 Å². The maximum Gasteiger partial charge on any atom is 0.294 e. The number of nitrogens with zero attached hydrogens (tertiary/aromatic N) is 1. The molecule has 0 radical (unpaired) electrons. The average molecular weight is 326 g/mol. The van der Waals surface area contributed by atoms with E-state index in [1.807, 2.05) is 0 Å². The zero-order chi connectivity index (χ0) is 13.7. The Labute approximate surface area is 131 Å². The molecule has 0 spiro atoms. The van der Waals surface area contributed by atoms with E-state index in [9.17, 15) is 4.79 Å². The lowest BCUT2D eigenvalue weighted by atomic mass is 10.2. The second kappa shape index (κ2) is 5.33. The van der Waals surface area contributed by atoms with Gasteiger partial charge in [-0.15, -0.1) is 12.4 Å². The van der Waals surface area contributed by atoms with Crippen molar-refractivity contribution < 1.29 is 4.42 Å². The SMILES string of the molecule is Cl.O=c1[nH]c([C@@H]2CCCN2)nc2c1oc1ccc(Cl)cc12. The van der Waals surface area contributed by atoms with Gasteiger partial charge in [0.2, 0.25) is 5.58 Å². The summed E-state index contributed by atoms with van der Waals surface area (Å²) in [6.45, 7) is 0.949. The number of halogens is 2. The van der Waals surface area contributed by atoms with Crippen molar-refractivity contribution in [2.75, 3.05) is 6.54 Å². The van der Waals surface area contributed by atoms with Crippen LogP contribution in [0.25, 0.3) is 22.1 Å². The van der Waals surface area contributed by atoms with Gasteiger partial charge in [0.1, 0.15) is 16.9 Å². The third-order valence-electron chi connectivity index (χ3n) is 3.69. The smallest absolute Gasteiger partial charge is 0.294 e. The number of fused-ring (bicyclic) bond motifs is 3. The molecule has 110 valence electrons. The number of aromatic amines is 1. The molecule has 1 aliphatic rings. The van der Waals surface area contributed by atoms with Gasteiger partial charge in [-0.3, -0.25) is 4.79 Å². The molecule has 5 nitrogen and oxygen atoms in total. The molecule has 0 aliphatic carbocycles. The number of hydrogen-bond donors (Lipinski definition) is 2. The number of hydrogen-bond acceptors (Lipinski definition) is 4. The van der Waals surface area contributed by atoms with Gasteiger partial charge in [0.15, 0.2) is 0 Å². The number of aromatic nitrogens is 2. The highest BCUT2D eigenvalue weighted by Crippen LogP contribution is 2.29. The summed E-state index contributed by atoms with van der Waals surface area (Å²) in [5.41, 5.74) is 1.21. The molecule has 3 heterocycles. The summed E-state index contributed by atoms with van der Waals surface area (Å²) in [6.07, 6.45) is 2.06. The highest BCUT2D eigenvalue weighted by atomic mass is 35.5. The highest BCUT2D eigenvalue weighted by Gasteiger charge is 2.21. The Morgan fingerprint density at radius 2 is 2.24 bits per heavy atom. The van der Waals surface area contributed by atoms with Crippen molar-refractivity contribution in [3.8, 4) is 0 Å². The van der Waals surface area contributed by atoms with Gasteiger partial charge in [-0.25, -0.2) is 4.98 Å². The summed E-state index contributed by atoms with van der Waals surface area (Å²) in [5, 5.41) is 4.70. The third-order valence-corrected chi connectivity index (χ3v) is 3.93. The zero-order valence-corrected chi connectivity index (χ0v) is 12.6. The fourth-order valence-electron chi connectivity index (χ4n) is 2.73. The molecular weight excluding hydrogens is 313 g/mol. The molecule has 21 heavy (non-hydrogen) atoms. The normalized spacial score (nSPS) is 18.2. The maximum atomic E-state index is 12.2. The predicted octanol–water partition coefficient (Wildman–Crippen LogP) is 3.17. The molecule has 0 bridgehead atoms. The average Bonchev–Trinajstić information content (AvgIpc) is 3.06. The first-order valence-corrected chi connectivity index (χ1v) is 6.95. The highest BCUT2D eigenvalue weighted by molar-refractivity contribution is 6.31. The van der Waals surface area contributed by atoms with E-state index in [1.165, 1.54) is 0 Å². The van der Waals surface area contributed by atoms with Crippen LogP contribution in [0.4, 0.5) is 0 Å².